The topological polar surface area (TPSA) is 95.6 Å². The van der Waals surface area contributed by atoms with Crippen molar-refractivity contribution in [2.24, 2.45) is 17.8 Å². The summed E-state index contributed by atoms with van der Waals surface area (Å²) in [4.78, 5) is 0. The largest absolute Gasteiger partial charge is 0.399 e. The Balaban J connectivity index is 1.63. The summed E-state index contributed by atoms with van der Waals surface area (Å²) in [6.45, 7) is 0.904. The molecule has 0 radical (unpaired) electrons. The molecule has 0 spiro atoms. The van der Waals surface area contributed by atoms with E-state index in [2.05, 4.69) is 15.5 Å². The molecule has 0 bridgehead atoms. The van der Waals surface area contributed by atoms with E-state index < -0.39 is 0 Å². The fraction of sp³-hybridized carbons (Fsp3) is 0.533. The highest BCUT2D eigenvalue weighted by Gasteiger charge is 2.41. The van der Waals surface area contributed by atoms with Crippen molar-refractivity contribution in [3.05, 3.63) is 18.2 Å². The van der Waals surface area contributed by atoms with Crippen LogP contribution in [0.1, 0.15) is 25.7 Å². The highest BCUT2D eigenvalue weighted by molar-refractivity contribution is 5.74. The molecule has 2 saturated carbocycles. The lowest BCUT2D eigenvalue weighted by molar-refractivity contribution is 0.331. The van der Waals surface area contributed by atoms with Gasteiger partial charge in [0.2, 0.25) is 0 Å². The van der Waals surface area contributed by atoms with Crippen molar-refractivity contribution in [1.29, 1.82) is 0 Å². The normalized spacial score (nSPS) is 18.3. The molecule has 110 valence electrons. The molecule has 1 aromatic carbocycles. The summed E-state index contributed by atoms with van der Waals surface area (Å²) < 4.78 is 1.92. The number of tetrazole rings is 1. The van der Waals surface area contributed by atoms with Gasteiger partial charge in [0, 0.05) is 23.5 Å². The zero-order chi connectivity index (χ0) is 14.4. The average Bonchev–Trinajstić information content (AvgIpc) is 3.36. The van der Waals surface area contributed by atoms with E-state index in [1.54, 1.807) is 6.07 Å². The summed E-state index contributed by atoms with van der Waals surface area (Å²) in [5, 5.41) is 12.2. The van der Waals surface area contributed by atoms with Gasteiger partial charge in [-0.25, -0.2) is 4.68 Å². The lowest BCUT2D eigenvalue weighted by atomic mass is 9.98. The average molecular weight is 284 g/mol. The predicted octanol–water partition coefficient (Wildman–Crippen LogP) is 1.94. The van der Waals surface area contributed by atoms with Gasteiger partial charge in [0.15, 0.2) is 5.82 Å². The van der Waals surface area contributed by atoms with Crippen LogP contribution in [0.15, 0.2) is 18.2 Å². The number of hydrogen-bond acceptors (Lipinski definition) is 5. The van der Waals surface area contributed by atoms with Gasteiger partial charge >= 0.3 is 0 Å². The van der Waals surface area contributed by atoms with Crippen LogP contribution in [0.2, 0.25) is 0 Å². The molecular weight excluding hydrogens is 264 g/mol. The first-order chi connectivity index (χ1) is 10.2. The molecular formula is C15H20N6. The molecule has 6 nitrogen and oxygen atoms in total. The molecule has 4 rings (SSSR count). The summed E-state index contributed by atoms with van der Waals surface area (Å²) >= 11 is 0. The molecule has 0 atom stereocenters. The van der Waals surface area contributed by atoms with Crippen molar-refractivity contribution in [3.63, 3.8) is 0 Å². The van der Waals surface area contributed by atoms with Crippen LogP contribution in [-0.4, -0.2) is 20.2 Å². The molecule has 2 aliphatic rings. The second kappa shape index (κ2) is 4.72. The molecule has 2 fully saturated rings. The Kier molecular flexibility index (Phi) is 2.83. The summed E-state index contributed by atoms with van der Waals surface area (Å²) in [7, 11) is 0. The molecule has 0 saturated heterocycles. The van der Waals surface area contributed by atoms with Gasteiger partial charge in [0.1, 0.15) is 0 Å². The summed E-state index contributed by atoms with van der Waals surface area (Å²) in [6, 6.07) is 5.49. The minimum atomic E-state index is 0.625. The predicted molar refractivity (Wildman–Crippen MR) is 81.0 cm³/mol. The Morgan fingerprint density at radius 2 is 1.86 bits per heavy atom. The van der Waals surface area contributed by atoms with Gasteiger partial charge in [-0.05, 0) is 72.1 Å². The summed E-state index contributed by atoms with van der Waals surface area (Å²) in [5.74, 6) is 3.22. The molecule has 6 heteroatoms. The van der Waals surface area contributed by atoms with E-state index in [-0.39, 0.29) is 0 Å². The Bertz CT molecular complexity index is 644. The van der Waals surface area contributed by atoms with Crippen molar-refractivity contribution in [3.8, 4) is 11.4 Å². The highest BCUT2D eigenvalue weighted by atomic mass is 15.5. The third-order valence-electron chi connectivity index (χ3n) is 4.69. The zero-order valence-electron chi connectivity index (χ0n) is 11.9. The van der Waals surface area contributed by atoms with Gasteiger partial charge in [-0.15, -0.1) is 5.10 Å². The van der Waals surface area contributed by atoms with Gasteiger partial charge in [0.25, 0.3) is 0 Å². The van der Waals surface area contributed by atoms with Crippen LogP contribution in [-0.2, 0) is 6.54 Å². The third-order valence-corrected chi connectivity index (χ3v) is 4.69. The number of nitrogen functional groups attached to an aromatic ring is 2. The first-order valence-electron chi connectivity index (χ1n) is 7.64. The number of rotatable bonds is 5. The van der Waals surface area contributed by atoms with E-state index in [9.17, 15) is 0 Å². The molecule has 2 aliphatic carbocycles. The smallest absolute Gasteiger partial charge is 0.184 e. The molecule has 0 amide bonds. The maximum absolute atomic E-state index is 6.07. The van der Waals surface area contributed by atoms with Crippen molar-refractivity contribution in [1.82, 2.24) is 20.2 Å². The maximum Gasteiger partial charge on any atom is 0.184 e. The Hall–Kier alpha value is -2.11. The first-order valence-corrected chi connectivity index (χ1v) is 7.64. The molecule has 1 aromatic heterocycles. The lowest BCUT2D eigenvalue weighted by Crippen LogP contribution is -2.17. The van der Waals surface area contributed by atoms with Gasteiger partial charge in [-0.1, -0.05) is 0 Å². The quantitative estimate of drug-likeness (QED) is 0.818. The van der Waals surface area contributed by atoms with Gasteiger partial charge in [0.05, 0.1) is 0 Å². The number of nitrogens with zero attached hydrogens (tertiary/aromatic N) is 4. The maximum atomic E-state index is 6.07. The molecule has 2 aromatic rings. The first kappa shape index (κ1) is 12.6. The molecule has 4 N–H and O–H groups in total. The molecule has 1 heterocycles. The second-order valence-corrected chi connectivity index (χ2v) is 6.37. The number of aromatic nitrogens is 4. The van der Waals surface area contributed by atoms with Crippen LogP contribution < -0.4 is 11.5 Å². The minimum absolute atomic E-state index is 0.625. The second-order valence-electron chi connectivity index (χ2n) is 6.37. The Labute approximate surface area is 123 Å². The van der Waals surface area contributed by atoms with Crippen LogP contribution in [0.5, 0.6) is 0 Å². The molecule has 0 unspecified atom stereocenters. The van der Waals surface area contributed by atoms with E-state index >= 15 is 0 Å². The summed E-state index contributed by atoms with van der Waals surface area (Å²) in [6.07, 6.45) is 5.45. The van der Waals surface area contributed by atoms with Crippen molar-refractivity contribution in [2.75, 3.05) is 11.5 Å². The standard InChI is InChI=1S/C15H20N6/c16-11-5-6-12(14(17)7-11)15-18-19-20-21(15)8-13(9-1-2-9)10-3-4-10/h5-7,9-10,13H,1-4,8,16-17H2. The van der Waals surface area contributed by atoms with E-state index in [0.717, 1.165) is 35.7 Å². The number of nitrogens with two attached hydrogens (primary N) is 2. The van der Waals surface area contributed by atoms with Crippen LogP contribution in [0.4, 0.5) is 11.4 Å². The SMILES string of the molecule is Nc1ccc(-c2nnnn2CC(C2CC2)C2CC2)c(N)c1. The number of benzene rings is 1. The van der Waals surface area contributed by atoms with Crippen LogP contribution >= 0.6 is 0 Å². The third kappa shape index (κ3) is 2.46. The van der Waals surface area contributed by atoms with E-state index in [4.69, 9.17) is 11.5 Å². The van der Waals surface area contributed by atoms with Crippen LogP contribution in [0.3, 0.4) is 0 Å². The van der Waals surface area contributed by atoms with Crippen LogP contribution in [0, 0.1) is 17.8 Å². The van der Waals surface area contributed by atoms with E-state index in [1.165, 1.54) is 25.7 Å². The van der Waals surface area contributed by atoms with Gasteiger partial charge in [-0.2, -0.15) is 0 Å². The van der Waals surface area contributed by atoms with E-state index in [1.807, 2.05) is 16.8 Å². The molecule has 21 heavy (non-hydrogen) atoms. The van der Waals surface area contributed by atoms with Crippen LogP contribution in [0.25, 0.3) is 11.4 Å². The van der Waals surface area contributed by atoms with Crippen molar-refractivity contribution in [2.45, 2.75) is 32.2 Å². The number of hydrogen-bond donors (Lipinski definition) is 2. The van der Waals surface area contributed by atoms with Crippen molar-refractivity contribution < 1.29 is 0 Å². The van der Waals surface area contributed by atoms with E-state index in [0.29, 0.717) is 11.4 Å². The lowest BCUT2D eigenvalue weighted by Gasteiger charge is -2.16. The molecule has 0 aliphatic heterocycles. The minimum Gasteiger partial charge on any atom is -0.399 e. The summed E-state index contributed by atoms with van der Waals surface area (Å²) in [5.41, 5.74) is 14.0. The number of anilines is 2. The monoisotopic (exact) mass is 284 g/mol. The fourth-order valence-corrected chi connectivity index (χ4v) is 3.24. The Morgan fingerprint density at radius 3 is 2.48 bits per heavy atom. The fourth-order valence-electron chi connectivity index (χ4n) is 3.24. The Morgan fingerprint density at radius 1 is 1.14 bits per heavy atom. The highest BCUT2D eigenvalue weighted by Crippen LogP contribution is 2.50. The van der Waals surface area contributed by atoms with Crippen molar-refractivity contribution >= 4 is 11.4 Å². The van der Waals surface area contributed by atoms with Gasteiger partial charge < -0.3 is 11.5 Å². The van der Waals surface area contributed by atoms with Gasteiger partial charge in [-0.3, -0.25) is 0 Å². The zero-order valence-corrected chi connectivity index (χ0v) is 11.9.